The van der Waals surface area contributed by atoms with Crippen LogP contribution in [0.5, 0.6) is 0 Å². The van der Waals surface area contributed by atoms with E-state index in [2.05, 4.69) is 51.8 Å². The number of aliphatic imine (C=N–C) groups is 1. The van der Waals surface area contributed by atoms with E-state index in [0.717, 1.165) is 12.1 Å². The van der Waals surface area contributed by atoms with Gasteiger partial charge in [-0.15, -0.1) is 24.0 Å². The number of guanidine groups is 1. The van der Waals surface area contributed by atoms with Crippen LogP contribution in [0.25, 0.3) is 0 Å². The van der Waals surface area contributed by atoms with E-state index in [1.54, 1.807) is 0 Å². The van der Waals surface area contributed by atoms with Crippen LogP contribution in [0.15, 0.2) is 29.3 Å². The second kappa shape index (κ2) is 11.4. The summed E-state index contributed by atoms with van der Waals surface area (Å²) in [5, 5.41) is 6.48. The van der Waals surface area contributed by atoms with Gasteiger partial charge >= 0.3 is 0 Å². The van der Waals surface area contributed by atoms with Crippen molar-refractivity contribution in [3.63, 3.8) is 0 Å². The molecule has 2 aliphatic rings. The smallest absolute Gasteiger partial charge is 0.191 e. The predicted molar refractivity (Wildman–Crippen MR) is 132 cm³/mol. The molecule has 29 heavy (non-hydrogen) atoms. The monoisotopic (exact) mass is 534 g/mol. The lowest BCUT2D eigenvalue weighted by Crippen LogP contribution is -2.44. The molecule has 0 bridgehead atoms. The Morgan fingerprint density at radius 3 is 2.41 bits per heavy atom. The third kappa shape index (κ3) is 7.31. The van der Waals surface area contributed by atoms with Gasteiger partial charge in [-0.3, -0.25) is 0 Å². The van der Waals surface area contributed by atoms with Crippen LogP contribution in [0.4, 0.5) is 5.69 Å². The largest absolute Gasteiger partial charge is 0.372 e. The quantitative estimate of drug-likeness (QED) is 0.333. The zero-order chi connectivity index (χ0) is 20.0. The Bertz CT molecular complexity index is 761. The lowest BCUT2D eigenvalue weighted by atomic mass is 9.94. The van der Waals surface area contributed by atoms with E-state index in [4.69, 9.17) is 0 Å². The molecule has 2 fully saturated rings. The molecule has 1 unspecified atom stereocenters. The van der Waals surface area contributed by atoms with E-state index >= 15 is 0 Å². The average Bonchev–Trinajstić information content (AvgIpc) is 3.05. The van der Waals surface area contributed by atoms with Crippen LogP contribution < -0.4 is 15.5 Å². The summed E-state index contributed by atoms with van der Waals surface area (Å²) in [6.45, 7) is 3.33. The van der Waals surface area contributed by atoms with Crippen molar-refractivity contribution >= 4 is 45.5 Å². The highest BCUT2D eigenvalue weighted by molar-refractivity contribution is 14.0. The molecular weight excluding hydrogens is 499 g/mol. The minimum atomic E-state index is -2.90. The molecule has 1 aromatic rings. The molecule has 164 valence electrons. The van der Waals surface area contributed by atoms with Gasteiger partial charge in [0.05, 0.1) is 18.1 Å². The molecule has 1 atom stereocenters. The number of anilines is 1. The molecule has 2 N–H and O–H groups in total. The average molecular weight is 535 g/mol. The number of rotatable bonds is 6. The summed E-state index contributed by atoms with van der Waals surface area (Å²) in [6, 6.07) is 9.26. The van der Waals surface area contributed by atoms with Gasteiger partial charge in [0.2, 0.25) is 0 Å². The summed E-state index contributed by atoms with van der Waals surface area (Å²) in [4.78, 5) is 7.06. The van der Waals surface area contributed by atoms with Gasteiger partial charge in [0.1, 0.15) is 0 Å². The number of hydrogen-bond donors (Lipinski definition) is 2. The minimum absolute atomic E-state index is 0. The standard InChI is InChI=1S/C21H34N4O2S.HI/c1-3-22-21(24-18-13-14-28(26,27)16-18)23-15-17-9-11-20(12-10-17)25(2)19-7-5-4-6-8-19;/h9-12,18-19H,3-8,13-16H2,1-2H3,(H2,22,23,24);1H. The van der Waals surface area contributed by atoms with Gasteiger partial charge in [-0.1, -0.05) is 31.4 Å². The van der Waals surface area contributed by atoms with Gasteiger partial charge in [-0.2, -0.15) is 0 Å². The summed E-state index contributed by atoms with van der Waals surface area (Å²) < 4.78 is 23.3. The summed E-state index contributed by atoms with van der Waals surface area (Å²) >= 11 is 0. The number of sulfone groups is 1. The van der Waals surface area contributed by atoms with Crippen LogP contribution >= 0.6 is 24.0 Å². The van der Waals surface area contributed by atoms with E-state index in [1.807, 2.05) is 6.92 Å². The highest BCUT2D eigenvalue weighted by Crippen LogP contribution is 2.26. The molecule has 0 amide bonds. The maximum Gasteiger partial charge on any atom is 0.191 e. The van der Waals surface area contributed by atoms with E-state index in [-0.39, 0.29) is 41.5 Å². The molecular formula is C21H35IN4O2S. The Kier molecular flexibility index (Phi) is 9.52. The number of benzene rings is 1. The predicted octanol–water partition coefficient (Wildman–Crippen LogP) is 3.32. The molecule has 3 rings (SSSR count). The molecule has 1 aromatic carbocycles. The van der Waals surface area contributed by atoms with Gasteiger partial charge in [-0.25, -0.2) is 13.4 Å². The van der Waals surface area contributed by atoms with Gasteiger partial charge in [0.15, 0.2) is 15.8 Å². The highest BCUT2D eigenvalue weighted by atomic mass is 127. The Morgan fingerprint density at radius 2 is 1.83 bits per heavy atom. The van der Waals surface area contributed by atoms with Crippen molar-refractivity contribution in [2.75, 3.05) is 30.0 Å². The van der Waals surface area contributed by atoms with Crippen LogP contribution in [-0.2, 0) is 16.4 Å². The van der Waals surface area contributed by atoms with Crippen molar-refractivity contribution in [1.29, 1.82) is 0 Å². The van der Waals surface area contributed by atoms with Crippen LogP contribution in [0.3, 0.4) is 0 Å². The van der Waals surface area contributed by atoms with Gasteiger partial charge in [0, 0.05) is 31.4 Å². The Balaban J connectivity index is 0.00000300. The fourth-order valence-electron chi connectivity index (χ4n) is 4.11. The second-order valence-electron chi connectivity index (χ2n) is 8.01. The number of nitrogens with one attached hydrogen (secondary N) is 2. The van der Waals surface area contributed by atoms with E-state index < -0.39 is 9.84 Å². The summed E-state index contributed by atoms with van der Waals surface area (Å²) in [6.07, 6.45) is 7.27. The van der Waals surface area contributed by atoms with Crippen molar-refractivity contribution in [2.24, 2.45) is 4.99 Å². The summed E-state index contributed by atoms with van der Waals surface area (Å²) in [5.74, 6) is 1.15. The molecule has 1 aliphatic carbocycles. The summed E-state index contributed by atoms with van der Waals surface area (Å²) in [7, 11) is -0.695. The zero-order valence-corrected chi connectivity index (χ0v) is 20.7. The Hall–Kier alpha value is -1.03. The first-order valence-electron chi connectivity index (χ1n) is 10.5. The lowest BCUT2D eigenvalue weighted by molar-refractivity contribution is 0.427. The number of halogens is 1. The van der Waals surface area contributed by atoms with Crippen molar-refractivity contribution in [1.82, 2.24) is 10.6 Å². The molecule has 6 nitrogen and oxygen atoms in total. The number of nitrogens with zero attached hydrogens (tertiary/aromatic N) is 2. The molecule has 1 saturated heterocycles. The Morgan fingerprint density at radius 1 is 1.14 bits per heavy atom. The van der Waals surface area contributed by atoms with Crippen molar-refractivity contribution in [2.45, 2.75) is 64.1 Å². The maximum absolute atomic E-state index is 11.7. The van der Waals surface area contributed by atoms with Crippen LogP contribution in [0.1, 0.15) is 51.0 Å². The fraction of sp³-hybridized carbons (Fsp3) is 0.667. The molecule has 1 aliphatic heterocycles. The molecule has 8 heteroatoms. The van der Waals surface area contributed by atoms with Crippen molar-refractivity contribution in [3.8, 4) is 0 Å². The second-order valence-corrected chi connectivity index (χ2v) is 10.2. The van der Waals surface area contributed by atoms with Crippen molar-refractivity contribution in [3.05, 3.63) is 29.8 Å². The van der Waals surface area contributed by atoms with E-state index in [1.165, 1.54) is 37.8 Å². The van der Waals surface area contributed by atoms with E-state index in [9.17, 15) is 8.42 Å². The van der Waals surface area contributed by atoms with Crippen LogP contribution in [0.2, 0.25) is 0 Å². The maximum atomic E-state index is 11.7. The van der Waals surface area contributed by atoms with Gasteiger partial charge in [-0.05, 0) is 43.9 Å². The molecule has 0 spiro atoms. The first kappa shape index (κ1) is 24.2. The van der Waals surface area contributed by atoms with Crippen LogP contribution in [-0.4, -0.2) is 51.6 Å². The highest BCUT2D eigenvalue weighted by Gasteiger charge is 2.28. The molecule has 0 radical (unpaired) electrons. The van der Waals surface area contributed by atoms with Crippen LogP contribution in [0, 0.1) is 0 Å². The first-order valence-corrected chi connectivity index (χ1v) is 12.4. The minimum Gasteiger partial charge on any atom is -0.372 e. The molecule has 0 aromatic heterocycles. The Labute approximate surface area is 192 Å². The SMILES string of the molecule is CCNC(=NCc1ccc(N(C)C2CCCCC2)cc1)NC1CCS(=O)(=O)C1.I. The fourth-order valence-corrected chi connectivity index (χ4v) is 5.78. The molecule has 1 heterocycles. The topological polar surface area (TPSA) is 73.8 Å². The number of hydrogen-bond acceptors (Lipinski definition) is 4. The third-order valence-corrected chi connectivity index (χ3v) is 7.57. The van der Waals surface area contributed by atoms with E-state index in [0.29, 0.717) is 25.0 Å². The third-order valence-electron chi connectivity index (χ3n) is 5.80. The lowest BCUT2D eigenvalue weighted by Gasteiger charge is -2.33. The summed E-state index contributed by atoms with van der Waals surface area (Å²) in [5.41, 5.74) is 2.41. The normalized spacial score (nSPS) is 22.0. The molecule has 1 saturated carbocycles. The van der Waals surface area contributed by atoms with Gasteiger partial charge in [0.25, 0.3) is 0 Å². The van der Waals surface area contributed by atoms with Crippen molar-refractivity contribution < 1.29 is 8.42 Å². The first-order chi connectivity index (χ1) is 13.5. The van der Waals surface area contributed by atoms with Gasteiger partial charge < -0.3 is 15.5 Å². The zero-order valence-electron chi connectivity index (χ0n) is 17.6.